The highest BCUT2D eigenvalue weighted by molar-refractivity contribution is 5.91. The SMILES string of the molecule is C=C1C(=O)O[C@@H]2[C@@H]1[C@H](OC(=O)C(C)C)[C@]1(O)O[C@H](CC[C@H]1C)[C@@](C)(O)[C@H]2OC(=O)C(C)C. The van der Waals surface area contributed by atoms with Crippen LogP contribution in [0.3, 0.4) is 0 Å². The number of hydrogen-bond acceptors (Lipinski definition) is 9. The molecule has 3 heterocycles. The molecule has 0 aromatic carbocycles. The molecule has 180 valence electrons. The molecule has 32 heavy (non-hydrogen) atoms. The lowest BCUT2D eigenvalue weighted by Gasteiger charge is -2.54. The highest BCUT2D eigenvalue weighted by Gasteiger charge is 2.67. The zero-order valence-electron chi connectivity index (χ0n) is 19.5. The molecule has 0 unspecified atom stereocenters. The molecule has 2 bridgehead atoms. The van der Waals surface area contributed by atoms with Gasteiger partial charge in [-0.05, 0) is 19.8 Å². The van der Waals surface area contributed by atoms with Gasteiger partial charge in [0.1, 0.15) is 5.60 Å². The Morgan fingerprint density at radius 3 is 2.12 bits per heavy atom. The molecule has 3 aliphatic rings. The Morgan fingerprint density at radius 1 is 1.06 bits per heavy atom. The Labute approximate surface area is 188 Å². The number of esters is 3. The second-order valence-electron chi connectivity index (χ2n) is 10.0. The van der Waals surface area contributed by atoms with Gasteiger partial charge in [0.2, 0.25) is 5.79 Å². The van der Waals surface area contributed by atoms with E-state index in [0.717, 1.165) is 0 Å². The second kappa shape index (κ2) is 8.43. The van der Waals surface area contributed by atoms with Crippen molar-refractivity contribution in [2.45, 2.75) is 90.2 Å². The Bertz CT molecular complexity index is 801. The van der Waals surface area contributed by atoms with Crippen molar-refractivity contribution < 1.29 is 43.5 Å². The molecule has 0 amide bonds. The fourth-order valence-electron chi connectivity index (χ4n) is 4.62. The zero-order valence-corrected chi connectivity index (χ0v) is 19.5. The van der Waals surface area contributed by atoms with Crippen molar-refractivity contribution in [1.29, 1.82) is 0 Å². The van der Waals surface area contributed by atoms with Gasteiger partial charge in [0, 0.05) is 11.5 Å². The van der Waals surface area contributed by atoms with Gasteiger partial charge in [-0.2, -0.15) is 0 Å². The molecule has 3 rings (SSSR count). The number of aliphatic hydroxyl groups is 2. The van der Waals surface area contributed by atoms with Gasteiger partial charge in [-0.15, -0.1) is 0 Å². The molecule has 0 aromatic rings. The molecule has 3 aliphatic heterocycles. The minimum atomic E-state index is -2.01. The Balaban J connectivity index is 2.17. The van der Waals surface area contributed by atoms with Crippen molar-refractivity contribution in [3.63, 3.8) is 0 Å². The zero-order chi connectivity index (χ0) is 24.2. The average molecular weight is 455 g/mol. The topological polar surface area (TPSA) is 129 Å². The van der Waals surface area contributed by atoms with Crippen molar-refractivity contribution in [3.8, 4) is 0 Å². The number of rotatable bonds is 4. The molecule has 2 N–H and O–H groups in total. The molecule has 9 nitrogen and oxygen atoms in total. The maximum Gasteiger partial charge on any atom is 0.334 e. The first kappa shape index (κ1) is 24.7. The lowest BCUT2D eigenvalue weighted by Crippen LogP contribution is -2.70. The minimum absolute atomic E-state index is 0.0498. The van der Waals surface area contributed by atoms with E-state index in [1.807, 2.05) is 0 Å². The van der Waals surface area contributed by atoms with Crippen LogP contribution in [0, 0.1) is 23.7 Å². The first-order valence-corrected chi connectivity index (χ1v) is 11.1. The van der Waals surface area contributed by atoms with Crippen LogP contribution in [0.4, 0.5) is 0 Å². The van der Waals surface area contributed by atoms with Crippen LogP contribution in [0.2, 0.25) is 0 Å². The third-order valence-corrected chi connectivity index (χ3v) is 6.85. The van der Waals surface area contributed by atoms with E-state index in [0.29, 0.717) is 12.8 Å². The molecule has 3 fully saturated rings. The van der Waals surface area contributed by atoms with Crippen LogP contribution in [0.15, 0.2) is 12.2 Å². The first-order chi connectivity index (χ1) is 14.7. The van der Waals surface area contributed by atoms with E-state index in [1.54, 1.807) is 34.6 Å². The Morgan fingerprint density at radius 2 is 1.59 bits per heavy atom. The summed E-state index contributed by atoms with van der Waals surface area (Å²) in [6.07, 6.45) is -4.08. The monoisotopic (exact) mass is 454 g/mol. The number of fused-ring (bicyclic) bond motifs is 3. The van der Waals surface area contributed by atoms with E-state index < -0.39 is 77.4 Å². The van der Waals surface area contributed by atoms with Crippen molar-refractivity contribution >= 4 is 17.9 Å². The van der Waals surface area contributed by atoms with E-state index >= 15 is 0 Å². The van der Waals surface area contributed by atoms with Crippen LogP contribution in [0.1, 0.15) is 54.4 Å². The van der Waals surface area contributed by atoms with Crippen LogP contribution in [-0.2, 0) is 33.3 Å². The summed E-state index contributed by atoms with van der Waals surface area (Å²) in [5.41, 5.74) is -1.86. The third-order valence-electron chi connectivity index (χ3n) is 6.85. The van der Waals surface area contributed by atoms with Gasteiger partial charge in [-0.1, -0.05) is 41.2 Å². The lowest BCUT2D eigenvalue weighted by molar-refractivity contribution is -0.368. The van der Waals surface area contributed by atoms with Crippen LogP contribution in [0.25, 0.3) is 0 Å². The molecule has 8 atom stereocenters. The molecular weight excluding hydrogens is 420 g/mol. The quantitative estimate of drug-likeness (QED) is 0.369. The van der Waals surface area contributed by atoms with Gasteiger partial charge < -0.3 is 29.2 Å². The summed E-state index contributed by atoms with van der Waals surface area (Å²) in [6.45, 7) is 13.5. The number of ether oxygens (including phenoxy) is 4. The van der Waals surface area contributed by atoms with E-state index in [-0.39, 0.29) is 5.57 Å². The summed E-state index contributed by atoms with van der Waals surface area (Å²) in [5, 5.41) is 23.2. The lowest BCUT2D eigenvalue weighted by atomic mass is 9.70. The summed E-state index contributed by atoms with van der Waals surface area (Å²) in [4.78, 5) is 37.7. The Kier molecular flexibility index (Phi) is 6.49. The average Bonchev–Trinajstić information content (AvgIpc) is 2.98. The summed E-state index contributed by atoms with van der Waals surface area (Å²) in [6, 6.07) is 0. The smallest absolute Gasteiger partial charge is 0.334 e. The first-order valence-electron chi connectivity index (χ1n) is 11.1. The van der Waals surface area contributed by atoms with Gasteiger partial charge >= 0.3 is 17.9 Å². The standard InChI is InChI=1S/C23H34O9/c1-10(2)19(24)30-17-15-13(6)21(26)29-16(15)18(31-20(25)11(3)4)22(7,27)14-9-8-12(5)23(17,28)32-14/h10-12,14-18,27-28H,6,8-9H2,1-5,7H3/t12-,14-,15-,16-,17+,18+,22-,23-/m1/s1. The number of carbonyl (C=O) groups excluding carboxylic acids is 3. The summed E-state index contributed by atoms with van der Waals surface area (Å²) in [7, 11) is 0. The van der Waals surface area contributed by atoms with E-state index in [1.165, 1.54) is 6.92 Å². The summed E-state index contributed by atoms with van der Waals surface area (Å²) in [5.74, 6) is -6.58. The predicted molar refractivity (Wildman–Crippen MR) is 111 cm³/mol. The van der Waals surface area contributed by atoms with Crippen molar-refractivity contribution in [2.75, 3.05) is 0 Å². The van der Waals surface area contributed by atoms with Crippen molar-refractivity contribution in [2.24, 2.45) is 23.7 Å². The molecule has 3 saturated heterocycles. The molecule has 0 aliphatic carbocycles. The molecule has 0 spiro atoms. The molecule has 0 aromatic heterocycles. The molecule has 0 radical (unpaired) electrons. The van der Waals surface area contributed by atoms with Gasteiger partial charge in [-0.25, -0.2) is 4.79 Å². The van der Waals surface area contributed by atoms with E-state index in [4.69, 9.17) is 18.9 Å². The van der Waals surface area contributed by atoms with Crippen LogP contribution < -0.4 is 0 Å². The maximum atomic E-state index is 12.6. The van der Waals surface area contributed by atoms with Gasteiger partial charge in [0.25, 0.3) is 0 Å². The number of hydrogen-bond donors (Lipinski definition) is 2. The third kappa shape index (κ3) is 3.95. The highest BCUT2D eigenvalue weighted by Crippen LogP contribution is 2.50. The van der Waals surface area contributed by atoms with Crippen molar-refractivity contribution in [3.05, 3.63) is 12.2 Å². The van der Waals surface area contributed by atoms with Gasteiger partial charge in [-0.3, -0.25) is 9.59 Å². The fourth-order valence-corrected chi connectivity index (χ4v) is 4.62. The predicted octanol–water partition coefficient (Wildman–Crippen LogP) is 1.49. The van der Waals surface area contributed by atoms with Gasteiger partial charge in [0.15, 0.2) is 18.3 Å². The largest absolute Gasteiger partial charge is 0.456 e. The molecule has 9 heteroatoms. The second-order valence-corrected chi connectivity index (χ2v) is 10.0. The summed E-state index contributed by atoms with van der Waals surface area (Å²) >= 11 is 0. The van der Waals surface area contributed by atoms with E-state index in [9.17, 15) is 24.6 Å². The molecule has 0 saturated carbocycles. The normalized spacial score (nSPS) is 41.6. The van der Waals surface area contributed by atoms with Gasteiger partial charge in [0.05, 0.1) is 23.9 Å². The Hall–Kier alpha value is -1.97. The maximum absolute atomic E-state index is 12.6. The highest BCUT2D eigenvalue weighted by atomic mass is 16.7. The van der Waals surface area contributed by atoms with Crippen LogP contribution in [0.5, 0.6) is 0 Å². The molecular formula is C23H34O9. The summed E-state index contributed by atoms with van der Waals surface area (Å²) < 4.78 is 22.9. The van der Waals surface area contributed by atoms with Crippen molar-refractivity contribution in [1.82, 2.24) is 0 Å². The van der Waals surface area contributed by atoms with E-state index in [2.05, 4.69) is 6.58 Å². The van der Waals surface area contributed by atoms with Crippen LogP contribution in [-0.4, -0.2) is 63.9 Å². The minimum Gasteiger partial charge on any atom is -0.456 e. The number of carbonyl (C=O) groups is 3. The fraction of sp³-hybridized carbons (Fsp3) is 0.783. The van der Waals surface area contributed by atoms with Crippen LogP contribution >= 0.6 is 0 Å².